The first kappa shape index (κ1) is 20.2. The molecule has 2 aromatic rings. The lowest BCUT2D eigenvalue weighted by Gasteiger charge is -2.35. The first-order chi connectivity index (χ1) is 13.3. The van der Waals surface area contributed by atoms with Crippen LogP contribution in [0, 0.1) is 0 Å². The summed E-state index contributed by atoms with van der Waals surface area (Å²) < 4.78 is 5.02. The van der Waals surface area contributed by atoms with Crippen LogP contribution in [0.5, 0.6) is 5.75 Å². The molecule has 1 fully saturated rings. The summed E-state index contributed by atoms with van der Waals surface area (Å²) in [6.07, 6.45) is 0. The molecule has 3 rings (SSSR count). The Kier molecular flexibility index (Phi) is 6.21. The largest absolute Gasteiger partial charge is 0.427 e. The third kappa shape index (κ3) is 4.64. The number of hydrogen-bond donors (Lipinski definition) is 0. The van der Waals surface area contributed by atoms with Crippen molar-refractivity contribution in [2.75, 3.05) is 26.2 Å². The van der Waals surface area contributed by atoms with Crippen molar-refractivity contribution >= 4 is 41.0 Å². The van der Waals surface area contributed by atoms with Crippen molar-refractivity contribution in [2.45, 2.75) is 6.92 Å². The third-order valence-corrected chi connectivity index (χ3v) is 4.92. The van der Waals surface area contributed by atoms with E-state index in [1.54, 1.807) is 46.2 Å². The third-order valence-electron chi connectivity index (χ3n) is 4.36. The second-order valence-electron chi connectivity index (χ2n) is 6.33. The highest BCUT2D eigenvalue weighted by atomic mass is 35.5. The van der Waals surface area contributed by atoms with E-state index in [4.69, 9.17) is 27.9 Å². The lowest BCUT2D eigenvalue weighted by molar-refractivity contribution is -0.131. The number of amides is 2. The van der Waals surface area contributed by atoms with E-state index in [0.717, 1.165) is 0 Å². The molecule has 2 amide bonds. The van der Waals surface area contributed by atoms with Crippen molar-refractivity contribution in [1.82, 2.24) is 9.80 Å². The van der Waals surface area contributed by atoms with E-state index in [1.807, 2.05) is 0 Å². The van der Waals surface area contributed by atoms with Gasteiger partial charge in [0.15, 0.2) is 0 Å². The predicted octanol–water partition coefficient (Wildman–Crippen LogP) is 3.52. The van der Waals surface area contributed by atoms with Gasteiger partial charge in [-0.05, 0) is 36.4 Å². The number of piperazine rings is 1. The molecule has 1 saturated heterocycles. The fourth-order valence-corrected chi connectivity index (χ4v) is 3.36. The van der Waals surface area contributed by atoms with Crippen molar-refractivity contribution in [2.24, 2.45) is 0 Å². The number of carbonyl (C=O) groups excluding carboxylic acids is 3. The quantitative estimate of drug-likeness (QED) is 0.562. The molecule has 0 aromatic heterocycles. The van der Waals surface area contributed by atoms with Crippen LogP contribution in [0.15, 0.2) is 42.5 Å². The number of carbonyl (C=O) groups is 3. The highest BCUT2D eigenvalue weighted by molar-refractivity contribution is 6.35. The van der Waals surface area contributed by atoms with Crippen molar-refractivity contribution in [3.8, 4) is 5.75 Å². The van der Waals surface area contributed by atoms with E-state index in [0.29, 0.717) is 53.1 Å². The van der Waals surface area contributed by atoms with Crippen LogP contribution in [-0.4, -0.2) is 53.8 Å². The molecule has 0 radical (unpaired) electrons. The zero-order chi connectivity index (χ0) is 20.3. The Labute approximate surface area is 172 Å². The molecule has 2 aromatic carbocycles. The van der Waals surface area contributed by atoms with Gasteiger partial charge in [0.05, 0.1) is 10.6 Å². The van der Waals surface area contributed by atoms with E-state index in [-0.39, 0.29) is 11.8 Å². The average molecular weight is 421 g/mol. The van der Waals surface area contributed by atoms with Crippen molar-refractivity contribution in [3.63, 3.8) is 0 Å². The molecular formula is C20H18Cl2N2O4. The van der Waals surface area contributed by atoms with Crippen LogP contribution in [0.25, 0.3) is 0 Å². The molecule has 1 aliphatic heterocycles. The molecule has 0 N–H and O–H groups in total. The summed E-state index contributed by atoms with van der Waals surface area (Å²) >= 11 is 12.1. The minimum atomic E-state index is -0.448. The van der Waals surface area contributed by atoms with Gasteiger partial charge in [-0.15, -0.1) is 0 Å². The van der Waals surface area contributed by atoms with Crippen LogP contribution in [0.4, 0.5) is 0 Å². The normalized spacial score (nSPS) is 14.0. The maximum Gasteiger partial charge on any atom is 0.308 e. The van der Waals surface area contributed by atoms with Gasteiger partial charge < -0.3 is 14.5 Å². The zero-order valence-electron chi connectivity index (χ0n) is 15.2. The van der Waals surface area contributed by atoms with Gasteiger partial charge in [-0.3, -0.25) is 14.4 Å². The lowest BCUT2D eigenvalue weighted by Crippen LogP contribution is -2.50. The van der Waals surface area contributed by atoms with Gasteiger partial charge in [0.25, 0.3) is 11.8 Å². The number of ether oxygens (including phenoxy) is 1. The van der Waals surface area contributed by atoms with Crippen molar-refractivity contribution in [1.29, 1.82) is 0 Å². The predicted molar refractivity (Wildman–Crippen MR) is 106 cm³/mol. The molecule has 6 nitrogen and oxygen atoms in total. The molecular weight excluding hydrogens is 403 g/mol. The minimum absolute atomic E-state index is 0.179. The molecule has 28 heavy (non-hydrogen) atoms. The summed E-state index contributed by atoms with van der Waals surface area (Å²) in [4.78, 5) is 39.8. The number of rotatable bonds is 3. The highest BCUT2D eigenvalue weighted by Gasteiger charge is 2.26. The lowest BCUT2D eigenvalue weighted by atomic mass is 10.1. The van der Waals surface area contributed by atoms with E-state index in [9.17, 15) is 14.4 Å². The minimum Gasteiger partial charge on any atom is -0.427 e. The molecule has 1 heterocycles. The first-order valence-electron chi connectivity index (χ1n) is 8.67. The van der Waals surface area contributed by atoms with Crippen LogP contribution in [0.2, 0.25) is 10.0 Å². The molecule has 0 unspecified atom stereocenters. The Morgan fingerprint density at radius 3 is 2.18 bits per heavy atom. The summed E-state index contributed by atoms with van der Waals surface area (Å²) in [6.45, 7) is 2.85. The number of hydrogen-bond acceptors (Lipinski definition) is 4. The Morgan fingerprint density at radius 1 is 0.893 bits per heavy atom. The fourth-order valence-electron chi connectivity index (χ4n) is 2.99. The Balaban J connectivity index is 1.65. The number of benzene rings is 2. The molecule has 0 saturated carbocycles. The molecule has 0 bridgehead atoms. The zero-order valence-corrected chi connectivity index (χ0v) is 16.7. The molecule has 0 aliphatic carbocycles. The van der Waals surface area contributed by atoms with Gasteiger partial charge in [-0.2, -0.15) is 0 Å². The van der Waals surface area contributed by atoms with Crippen LogP contribution < -0.4 is 4.74 Å². The standard InChI is InChI=1S/C20H18Cl2N2O4/c1-13(25)28-16-4-2-3-14(11-16)19(26)23-7-9-24(10-8-23)20(27)17-12-15(21)5-6-18(17)22/h2-6,11-12H,7-10H2,1H3. The highest BCUT2D eigenvalue weighted by Crippen LogP contribution is 2.23. The molecule has 146 valence electrons. The maximum absolute atomic E-state index is 12.7. The molecule has 0 spiro atoms. The Hall–Kier alpha value is -2.57. The monoisotopic (exact) mass is 420 g/mol. The van der Waals surface area contributed by atoms with E-state index < -0.39 is 5.97 Å². The molecule has 1 aliphatic rings. The second-order valence-corrected chi connectivity index (χ2v) is 7.17. The number of nitrogens with zero attached hydrogens (tertiary/aromatic N) is 2. The van der Waals surface area contributed by atoms with Crippen molar-refractivity contribution < 1.29 is 19.1 Å². The summed E-state index contributed by atoms with van der Waals surface area (Å²) in [5.74, 6) is -0.516. The average Bonchev–Trinajstić information content (AvgIpc) is 2.68. The first-order valence-corrected chi connectivity index (χ1v) is 9.43. The topological polar surface area (TPSA) is 66.9 Å². The van der Waals surface area contributed by atoms with Gasteiger partial charge >= 0.3 is 5.97 Å². The van der Waals surface area contributed by atoms with Gasteiger partial charge in [0.1, 0.15) is 5.75 Å². The summed E-state index contributed by atoms with van der Waals surface area (Å²) in [5, 5.41) is 0.782. The number of halogens is 2. The summed E-state index contributed by atoms with van der Waals surface area (Å²) in [6, 6.07) is 11.2. The summed E-state index contributed by atoms with van der Waals surface area (Å²) in [5.41, 5.74) is 0.777. The van der Waals surface area contributed by atoms with Gasteiger partial charge in [-0.1, -0.05) is 29.3 Å². The Morgan fingerprint density at radius 2 is 1.54 bits per heavy atom. The smallest absolute Gasteiger partial charge is 0.308 e. The second kappa shape index (κ2) is 8.63. The van der Waals surface area contributed by atoms with Crippen LogP contribution >= 0.6 is 23.2 Å². The van der Waals surface area contributed by atoms with E-state index >= 15 is 0 Å². The fraction of sp³-hybridized carbons (Fsp3) is 0.250. The number of esters is 1. The van der Waals surface area contributed by atoms with Gasteiger partial charge in [-0.25, -0.2) is 0 Å². The van der Waals surface area contributed by atoms with Crippen molar-refractivity contribution in [3.05, 3.63) is 63.6 Å². The van der Waals surface area contributed by atoms with E-state index in [2.05, 4.69) is 0 Å². The van der Waals surface area contributed by atoms with E-state index in [1.165, 1.54) is 13.0 Å². The SMILES string of the molecule is CC(=O)Oc1cccc(C(=O)N2CCN(C(=O)c3cc(Cl)ccc3Cl)CC2)c1. The molecule has 8 heteroatoms. The van der Waals surface area contributed by atoms with Crippen LogP contribution in [-0.2, 0) is 4.79 Å². The van der Waals surface area contributed by atoms with Crippen LogP contribution in [0.1, 0.15) is 27.6 Å². The maximum atomic E-state index is 12.7. The summed E-state index contributed by atoms with van der Waals surface area (Å²) in [7, 11) is 0. The van der Waals surface area contributed by atoms with Gasteiger partial charge in [0, 0.05) is 43.7 Å². The molecule has 0 atom stereocenters. The Bertz CT molecular complexity index is 924. The van der Waals surface area contributed by atoms with Gasteiger partial charge in [0.2, 0.25) is 0 Å². The van der Waals surface area contributed by atoms with Crippen LogP contribution in [0.3, 0.4) is 0 Å².